The summed E-state index contributed by atoms with van der Waals surface area (Å²) in [5, 5.41) is 3.33. The fraction of sp³-hybridized carbons (Fsp3) is 0.158. The summed E-state index contributed by atoms with van der Waals surface area (Å²) in [6.07, 6.45) is 1.78. The van der Waals surface area contributed by atoms with Crippen molar-refractivity contribution in [3.8, 4) is 5.75 Å². The van der Waals surface area contributed by atoms with Crippen LogP contribution in [0.25, 0.3) is 6.08 Å². The second-order valence-electron chi connectivity index (χ2n) is 5.70. The Kier molecular flexibility index (Phi) is 4.62. The van der Waals surface area contributed by atoms with Gasteiger partial charge >= 0.3 is 0 Å². The molecule has 24 heavy (non-hydrogen) atoms. The number of nitrogens with zero attached hydrogens (tertiary/aromatic N) is 1. The molecule has 122 valence electrons. The van der Waals surface area contributed by atoms with Crippen LogP contribution in [0.3, 0.4) is 0 Å². The van der Waals surface area contributed by atoms with E-state index < -0.39 is 0 Å². The molecule has 1 aliphatic rings. The first-order valence-corrected chi connectivity index (χ1v) is 8.03. The van der Waals surface area contributed by atoms with E-state index in [9.17, 15) is 4.79 Å². The summed E-state index contributed by atoms with van der Waals surface area (Å²) in [7, 11) is 1.65. The maximum atomic E-state index is 12.0. The normalized spacial score (nSPS) is 15.8. The van der Waals surface area contributed by atoms with Crippen LogP contribution in [0.1, 0.15) is 16.7 Å². The van der Waals surface area contributed by atoms with Crippen molar-refractivity contribution in [2.75, 3.05) is 7.05 Å². The van der Waals surface area contributed by atoms with Gasteiger partial charge in [0.2, 0.25) is 0 Å². The second kappa shape index (κ2) is 6.84. The molecular formula is C19H18N2O2S. The predicted octanol–water partition coefficient (Wildman–Crippen LogP) is 3.26. The van der Waals surface area contributed by atoms with E-state index in [2.05, 4.69) is 36.5 Å². The molecule has 0 aromatic heterocycles. The van der Waals surface area contributed by atoms with E-state index in [0.717, 1.165) is 16.9 Å². The molecular weight excluding hydrogens is 320 g/mol. The van der Waals surface area contributed by atoms with E-state index in [-0.39, 0.29) is 5.91 Å². The van der Waals surface area contributed by atoms with Gasteiger partial charge < -0.3 is 10.1 Å². The molecule has 3 rings (SSSR count). The summed E-state index contributed by atoms with van der Waals surface area (Å²) in [5.74, 6) is 0.663. The van der Waals surface area contributed by atoms with Crippen LogP contribution >= 0.6 is 12.2 Å². The third-order valence-corrected chi connectivity index (χ3v) is 4.17. The Labute approximate surface area is 146 Å². The van der Waals surface area contributed by atoms with Crippen LogP contribution in [0.5, 0.6) is 5.75 Å². The van der Waals surface area contributed by atoms with E-state index in [4.69, 9.17) is 17.0 Å². The summed E-state index contributed by atoms with van der Waals surface area (Å²) in [5.41, 5.74) is 3.75. The van der Waals surface area contributed by atoms with Crippen molar-refractivity contribution >= 4 is 29.3 Å². The summed E-state index contributed by atoms with van der Waals surface area (Å²) >= 11 is 5.05. The average molecular weight is 338 g/mol. The van der Waals surface area contributed by atoms with Crippen LogP contribution in [0.15, 0.2) is 54.2 Å². The van der Waals surface area contributed by atoms with Crippen LogP contribution in [-0.2, 0) is 11.4 Å². The molecule has 1 N–H and O–H groups in total. The van der Waals surface area contributed by atoms with Gasteiger partial charge in [-0.3, -0.25) is 9.69 Å². The van der Waals surface area contributed by atoms with Gasteiger partial charge in [-0.1, -0.05) is 42.0 Å². The molecule has 1 amide bonds. The number of hydrogen-bond acceptors (Lipinski definition) is 3. The second-order valence-corrected chi connectivity index (χ2v) is 6.08. The summed E-state index contributed by atoms with van der Waals surface area (Å²) < 4.78 is 5.78. The number of amides is 1. The minimum Gasteiger partial charge on any atom is -0.489 e. The van der Waals surface area contributed by atoms with Gasteiger partial charge in [-0.2, -0.15) is 0 Å². The molecule has 0 spiro atoms. The van der Waals surface area contributed by atoms with E-state index in [1.54, 1.807) is 13.1 Å². The Morgan fingerprint density at radius 2 is 1.79 bits per heavy atom. The van der Waals surface area contributed by atoms with Gasteiger partial charge in [0.15, 0.2) is 5.11 Å². The number of ether oxygens (including phenoxy) is 1. The molecule has 1 aliphatic heterocycles. The van der Waals surface area contributed by atoms with Crippen LogP contribution in [0.4, 0.5) is 0 Å². The van der Waals surface area contributed by atoms with Crippen molar-refractivity contribution < 1.29 is 9.53 Å². The standard InChI is InChI=1S/C19H18N2O2S/c1-13-3-5-15(6-4-13)12-23-16-9-7-14(8-10-16)11-17-18(22)21(2)19(24)20-17/h3-11H,12H2,1-2H3,(H,20,24)/b17-11+. The molecule has 5 heteroatoms. The highest BCUT2D eigenvalue weighted by Gasteiger charge is 2.26. The van der Waals surface area contributed by atoms with Crippen LogP contribution in [0.2, 0.25) is 0 Å². The minimum absolute atomic E-state index is 0.125. The lowest BCUT2D eigenvalue weighted by Gasteiger charge is -2.07. The van der Waals surface area contributed by atoms with E-state index in [0.29, 0.717) is 17.4 Å². The van der Waals surface area contributed by atoms with Gasteiger partial charge in [0, 0.05) is 7.05 Å². The number of carbonyl (C=O) groups is 1. The monoisotopic (exact) mass is 338 g/mol. The number of nitrogens with one attached hydrogen (secondary N) is 1. The molecule has 1 saturated heterocycles. The number of likely N-dealkylation sites (N-methyl/N-ethyl adjacent to an activating group) is 1. The van der Waals surface area contributed by atoms with Crippen LogP contribution in [-0.4, -0.2) is 23.0 Å². The summed E-state index contributed by atoms with van der Waals surface area (Å²) in [6, 6.07) is 15.9. The molecule has 1 heterocycles. The number of hydrogen-bond donors (Lipinski definition) is 1. The Morgan fingerprint density at radius 1 is 1.12 bits per heavy atom. The van der Waals surface area contributed by atoms with Gasteiger partial charge in [0.25, 0.3) is 5.91 Å². The van der Waals surface area contributed by atoms with Crippen LogP contribution < -0.4 is 10.1 Å². The lowest BCUT2D eigenvalue weighted by atomic mass is 10.1. The molecule has 4 nitrogen and oxygen atoms in total. The van der Waals surface area contributed by atoms with Gasteiger partial charge in [0.05, 0.1) is 0 Å². The number of benzene rings is 2. The number of carbonyl (C=O) groups excluding carboxylic acids is 1. The van der Waals surface area contributed by atoms with Crippen molar-refractivity contribution in [2.24, 2.45) is 0 Å². The fourth-order valence-electron chi connectivity index (χ4n) is 2.30. The topological polar surface area (TPSA) is 41.6 Å². The molecule has 0 unspecified atom stereocenters. The summed E-state index contributed by atoms with van der Waals surface area (Å²) in [4.78, 5) is 13.4. The Morgan fingerprint density at radius 3 is 2.38 bits per heavy atom. The zero-order valence-electron chi connectivity index (χ0n) is 13.6. The average Bonchev–Trinajstić information content (AvgIpc) is 2.83. The smallest absolute Gasteiger partial charge is 0.276 e. The third kappa shape index (κ3) is 3.63. The Balaban J connectivity index is 1.64. The highest BCUT2D eigenvalue weighted by atomic mass is 32.1. The summed E-state index contributed by atoms with van der Waals surface area (Å²) in [6.45, 7) is 2.59. The number of thiocarbonyl (C=S) groups is 1. The first kappa shape index (κ1) is 16.2. The van der Waals surface area contributed by atoms with Crippen LogP contribution in [0, 0.1) is 6.92 Å². The highest BCUT2D eigenvalue weighted by Crippen LogP contribution is 2.18. The van der Waals surface area contributed by atoms with Crippen molar-refractivity contribution in [3.05, 3.63) is 70.9 Å². The highest BCUT2D eigenvalue weighted by molar-refractivity contribution is 7.80. The largest absolute Gasteiger partial charge is 0.489 e. The molecule has 0 bridgehead atoms. The van der Waals surface area contributed by atoms with Crippen molar-refractivity contribution in [1.82, 2.24) is 10.2 Å². The van der Waals surface area contributed by atoms with E-state index >= 15 is 0 Å². The molecule has 0 saturated carbocycles. The van der Waals surface area contributed by atoms with Crippen molar-refractivity contribution in [3.63, 3.8) is 0 Å². The van der Waals surface area contributed by atoms with Crippen molar-refractivity contribution in [1.29, 1.82) is 0 Å². The lowest BCUT2D eigenvalue weighted by molar-refractivity contribution is -0.121. The number of rotatable bonds is 4. The molecule has 0 aliphatic carbocycles. The predicted molar refractivity (Wildman–Crippen MR) is 98.4 cm³/mol. The molecule has 0 atom stereocenters. The van der Waals surface area contributed by atoms with Gasteiger partial charge in [-0.15, -0.1) is 0 Å². The maximum Gasteiger partial charge on any atom is 0.276 e. The van der Waals surface area contributed by atoms with Gasteiger partial charge in [0.1, 0.15) is 18.1 Å². The quantitative estimate of drug-likeness (QED) is 0.686. The maximum absolute atomic E-state index is 12.0. The first-order chi connectivity index (χ1) is 11.5. The molecule has 2 aromatic rings. The minimum atomic E-state index is -0.125. The lowest BCUT2D eigenvalue weighted by Crippen LogP contribution is -2.25. The number of aryl methyl sites for hydroxylation is 1. The van der Waals surface area contributed by atoms with Gasteiger partial charge in [-0.25, -0.2) is 0 Å². The molecule has 1 fully saturated rings. The molecule has 2 aromatic carbocycles. The Hall–Kier alpha value is -2.66. The van der Waals surface area contributed by atoms with Crippen molar-refractivity contribution in [2.45, 2.75) is 13.5 Å². The Bertz CT molecular complexity index is 795. The third-order valence-electron chi connectivity index (χ3n) is 3.80. The first-order valence-electron chi connectivity index (χ1n) is 7.62. The van der Waals surface area contributed by atoms with Gasteiger partial charge in [-0.05, 0) is 48.5 Å². The zero-order valence-corrected chi connectivity index (χ0v) is 14.4. The fourth-order valence-corrected chi connectivity index (χ4v) is 2.49. The SMILES string of the molecule is Cc1ccc(COc2ccc(/C=C3/NC(=S)N(C)C3=O)cc2)cc1. The molecule has 0 radical (unpaired) electrons. The van der Waals surface area contributed by atoms with E-state index in [1.165, 1.54) is 10.5 Å². The van der Waals surface area contributed by atoms with E-state index in [1.807, 2.05) is 24.3 Å². The zero-order chi connectivity index (χ0) is 17.1.